The van der Waals surface area contributed by atoms with Gasteiger partial charge in [0.25, 0.3) is 0 Å². The van der Waals surface area contributed by atoms with Crippen molar-refractivity contribution in [3.8, 4) is 0 Å². The number of hydrogen-bond donors (Lipinski definition) is 3. The molecule has 3 amide bonds. The Bertz CT molecular complexity index is 494. The summed E-state index contributed by atoms with van der Waals surface area (Å²) in [6, 6.07) is -0.244. The van der Waals surface area contributed by atoms with Crippen molar-refractivity contribution in [1.82, 2.24) is 16.0 Å². The van der Waals surface area contributed by atoms with Gasteiger partial charge < -0.3 is 16.0 Å². The maximum absolute atomic E-state index is 13.0. The molecule has 2 aliphatic carbocycles. The Kier molecular flexibility index (Phi) is 5.41. The second-order valence-electron chi connectivity index (χ2n) is 7.60. The van der Waals surface area contributed by atoms with Gasteiger partial charge in [-0.25, -0.2) is 0 Å². The highest BCUT2D eigenvalue weighted by Crippen LogP contribution is 2.30. The first-order chi connectivity index (χ1) is 11.6. The molecule has 1 aliphatic heterocycles. The molecule has 3 rings (SSSR count). The number of amides is 3. The van der Waals surface area contributed by atoms with Gasteiger partial charge in [0.15, 0.2) is 0 Å². The highest BCUT2D eigenvalue weighted by molar-refractivity contribution is 5.96. The fourth-order valence-electron chi connectivity index (χ4n) is 4.27. The van der Waals surface area contributed by atoms with E-state index in [2.05, 4.69) is 16.0 Å². The van der Waals surface area contributed by atoms with Crippen LogP contribution in [0.2, 0.25) is 0 Å². The van der Waals surface area contributed by atoms with Gasteiger partial charge in [0.05, 0.1) is 0 Å². The van der Waals surface area contributed by atoms with Crippen LogP contribution in [0, 0.1) is 0 Å². The van der Waals surface area contributed by atoms with Crippen LogP contribution >= 0.6 is 0 Å². The van der Waals surface area contributed by atoms with Crippen molar-refractivity contribution >= 4 is 17.7 Å². The van der Waals surface area contributed by atoms with Crippen molar-refractivity contribution in [1.29, 1.82) is 0 Å². The maximum Gasteiger partial charge on any atom is 0.245 e. The zero-order chi connectivity index (χ0) is 17.0. The summed E-state index contributed by atoms with van der Waals surface area (Å²) in [6.45, 7) is 0. The molecule has 0 unspecified atom stereocenters. The summed E-state index contributed by atoms with van der Waals surface area (Å²) in [5.74, 6) is -0.312. The van der Waals surface area contributed by atoms with Gasteiger partial charge >= 0.3 is 0 Å². The molecule has 3 aliphatic rings. The molecule has 24 heavy (non-hydrogen) atoms. The standard InChI is InChI=1S/C18H29N3O3/c22-15-10-9-14(20-15)16(23)21-18(11-5-2-6-12-18)17(24)19-13-7-3-1-4-8-13/h13-14H,1-12H2,(H,19,24)(H,20,22)(H,21,23)/t14-/m0/s1. The molecule has 2 saturated carbocycles. The van der Waals surface area contributed by atoms with E-state index in [0.717, 1.165) is 32.1 Å². The number of rotatable bonds is 4. The minimum absolute atomic E-state index is 0.0215. The van der Waals surface area contributed by atoms with Gasteiger partial charge in [-0.3, -0.25) is 14.4 Å². The van der Waals surface area contributed by atoms with Crippen LogP contribution in [-0.2, 0) is 14.4 Å². The van der Waals surface area contributed by atoms with E-state index in [1.807, 2.05) is 0 Å². The molecule has 1 heterocycles. The first-order valence-electron chi connectivity index (χ1n) is 9.51. The molecule has 3 fully saturated rings. The van der Waals surface area contributed by atoms with Gasteiger partial charge in [-0.05, 0) is 32.1 Å². The van der Waals surface area contributed by atoms with Gasteiger partial charge in [0.2, 0.25) is 17.7 Å². The molecule has 0 aromatic heterocycles. The van der Waals surface area contributed by atoms with Gasteiger partial charge in [0.1, 0.15) is 11.6 Å². The molecule has 6 nitrogen and oxygen atoms in total. The number of carbonyl (C=O) groups excluding carboxylic acids is 3. The summed E-state index contributed by atoms with van der Waals surface area (Å²) >= 11 is 0. The molecule has 6 heteroatoms. The molecule has 0 aromatic rings. The third-order valence-corrected chi connectivity index (χ3v) is 5.76. The van der Waals surface area contributed by atoms with Gasteiger partial charge in [-0.1, -0.05) is 38.5 Å². The Morgan fingerprint density at radius 3 is 2.25 bits per heavy atom. The maximum atomic E-state index is 13.0. The third-order valence-electron chi connectivity index (χ3n) is 5.76. The fraction of sp³-hybridized carbons (Fsp3) is 0.833. The zero-order valence-corrected chi connectivity index (χ0v) is 14.4. The molecule has 134 valence electrons. The Balaban J connectivity index is 1.65. The monoisotopic (exact) mass is 335 g/mol. The van der Waals surface area contributed by atoms with Crippen molar-refractivity contribution in [3.05, 3.63) is 0 Å². The zero-order valence-electron chi connectivity index (χ0n) is 14.4. The summed E-state index contributed by atoms with van der Waals surface area (Å²) in [5.41, 5.74) is -0.792. The number of nitrogens with one attached hydrogen (secondary N) is 3. The molecular formula is C18H29N3O3. The highest BCUT2D eigenvalue weighted by Gasteiger charge is 2.43. The first-order valence-corrected chi connectivity index (χ1v) is 9.51. The van der Waals surface area contributed by atoms with Crippen LogP contribution in [0.5, 0.6) is 0 Å². The molecule has 0 aromatic carbocycles. The van der Waals surface area contributed by atoms with Crippen LogP contribution < -0.4 is 16.0 Å². The van der Waals surface area contributed by atoms with E-state index >= 15 is 0 Å². The summed E-state index contributed by atoms with van der Waals surface area (Å²) in [5, 5.41) is 8.91. The van der Waals surface area contributed by atoms with Crippen molar-refractivity contribution in [2.45, 2.75) is 94.7 Å². The fourth-order valence-corrected chi connectivity index (χ4v) is 4.27. The summed E-state index contributed by atoms with van der Waals surface area (Å²) in [4.78, 5) is 36.9. The van der Waals surface area contributed by atoms with E-state index < -0.39 is 11.6 Å². The van der Waals surface area contributed by atoms with Crippen molar-refractivity contribution < 1.29 is 14.4 Å². The van der Waals surface area contributed by atoms with E-state index in [0.29, 0.717) is 25.7 Å². The smallest absolute Gasteiger partial charge is 0.245 e. The predicted octanol–water partition coefficient (Wildman–Crippen LogP) is 1.53. The predicted molar refractivity (Wildman–Crippen MR) is 90.1 cm³/mol. The molecule has 3 N–H and O–H groups in total. The molecule has 1 saturated heterocycles. The summed E-state index contributed by atoms with van der Waals surface area (Å²) in [7, 11) is 0. The molecule has 0 spiro atoms. The summed E-state index contributed by atoms with van der Waals surface area (Å²) < 4.78 is 0. The van der Waals surface area contributed by atoms with Gasteiger partial charge in [-0.15, -0.1) is 0 Å². The second-order valence-corrected chi connectivity index (χ2v) is 7.60. The van der Waals surface area contributed by atoms with Crippen LogP contribution in [0.15, 0.2) is 0 Å². The summed E-state index contributed by atoms with van der Waals surface area (Å²) in [6.07, 6.45) is 11.0. The largest absolute Gasteiger partial charge is 0.351 e. The van der Waals surface area contributed by atoms with E-state index in [1.165, 1.54) is 19.3 Å². The minimum Gasteiger partial charge on any atom is -0.351 e. The van der Waals surface area contributed by atoms with Crippen LogP contribution in [-0.4, -0.2) is 35.3 Å². The Hall–Kier alpha value is -1.59. The average Bonchev–Trinajstić information content (AvgIpc) is 3.03. The topological polar surface area (TPSA) is 87.3 Å². The van der Waals surface area contributed by atoms with Crippen molar-refractivity contribution in [2.24, 2.45) is 0 Å². The lowest BCUT2D eigenvalue weighted by atomic mass is 9.80. The van der Waals surface area contributed by atoms with Crippen LogP contribution in [0.3, 0.4) is 0 Å². The van der Waals surface area contributed by atoms with Crippen LogP contribution in [0.4, 0.5) is 0 Å². The molecule has 0 radical (unpaired) electrons. The number of hydrogen-bond acceptors (Lipinski definition) is 3. The normalized spacial score (nSPS) is 27.3. The lowest BCUT2D eigenvalue weighted by molar-refractivity contribution is -0.136. The average molecular weight is 335 g/mol. The lowest BCUT2D eigenvalue weighted by Gasteiger charge is -2.39. The van der Waals surface area contributed by atoms with Crippen molar-refractivity contribution in [3.63, 3.8) is 0 Å². The van der Waals surface area contributed by atoms with Crippen LogP contribution in [0.25, 0.3) is 0 Å². The molecule has 1 atom stereocenters. The third kappa shape index (κ3) is 3.90. The highest BCUT2D eigenvalue weighted by atomic mass is 16.2. The van der Waals surface area contributed by atoms with Gasteiger partial charge in [-0.2, -0.15) is 0 Å². The van der Waals surface area contributed by atoms with E-state index in [1.54, 1.807) is 0 Å². The number of carbonyl (C=O) groups is 3. The second kappa shape index (κ2) is 7.53. The van der Waals surface area contributed by atoms with Gasteiger partial charge in [0, 0.05) is 12.5 Å². The quantitative estimate of drug-likeness (QED) is 0.728. The van der Waals surface area contributed by atoms with Crippen LogP contribution in [0.1, 0.15) is 77.0 Å². The minimum atomic E-state index is -0.792. The molecule has 0 bridgehead atoms. The van der Waals surface area contributed by atoms with E-state index in [9.17, 15) is 14.4 Å². The molecular weight excluding hydrogens is 306 g/mol. The van der Waals surface area contributed by atoms with E-state index in [4.69, 9.17) is 0 Å². The van der Waals surface area contributed by atoms with E-state index in [-0.39, 0.29) is 23.8 Å². The Labute approximate surface area is 143 Å². The first kappa shape index (κ1) is 17.2. The SMILES string of the molecule is O=C1CC[C@@H](C(=O)NC2(C(=O)NC3CCCCC3)CCCCC2)N1. The Morgan fingerprint density at radius 2 is 1.62 bits per heavy atom. The lowest BCUT2D eigenvalue weighted by Crippen LogP contribution is -2.63. The Morgan fingerprint density at radius 1 is 0.958 bits per heavy atom. The van der Waals surface area contributed by atoms with Crippen molar-refractivity contribution in [2.75, 3.05) is 0 Å².